The van der Waals surface area contributed by atoms with Gasteiger partial charge in [0.2, 0.25) is 11.7 Å². The van der Waals surface area contributed by atoms with Gasteiger partial charge in [-0.1, -0.05) is 22.3 Å². The predicted molar refractivity (Wildman–Crippen MR) is 58.8 cm³/mol. The van der Waals surface area contributed by atoms with E-state index in [1.54, 1.807) is 0 Å². The Bertz CT molecular complexity index is 459. The predicted octanol–water partition coefficient (Wildman–Crippen LogP) is 3.09. The first-order chi connectivity index (χ1) is 7.19. The molecule has 1 aromatic carbocycles. The Balaban J connectivity index is 2.44. The Kier molecular flexibility index (Phi) is 2.73. The van der Waals surface area contributed by atoms with Crippen LogP contribution in [0.5, 0.6) is 0 Å². The maximum atomic E-state index is 5.59. The summed E-state index contributed by atoms with van der Waals surface area (Å²) in [5.74, 6) is 1.29. The minimum absolute atomic E-state index is 0.248. The molecule has 1 heterocycles. The molecule has 0 amide bonds. The fraction of sp³-hybridized carbons (Fsp3) is 0.273. The Morgan fingerprint density at radius 3 is 2.40 bits per heavy atom. The van der Waals surface area contributed by atoms with Gasteiger partial charge in [0.1, 0.15) is 5.88 Å². The molecule has 0 aliphatic heterocycles. The highest BCUT2D eigenvalue weighted by atomic mass is 35.5. The van der Waals surface area contributed by atoms with Crippen LogP contribution in [0.25, 0.3) is 11.4 Å². The molecule has 3 nitrogen and oxygen atoms in total. The number of hydrogen-bond acceptors (Lipinski definition) is 3. The minimum Gasteiger partial charge on any atom is -0.338 e. The summed E-state index contributed by atoms with van der Waals surface area (Å²) in [6, 6.07) is 6.15. The summed E-state index contributed by atoms with van der Waals surface area (Å²) < 4.78 is 4.95. The molecule has 0 unspecified atom stereocenters. The van der Waals surface area contributed by atoms with Crippen LogP contribution in [0.3, 0.4) is 0 Å². The zero-order valence-corrected chi connectivity index (χ0v) is 9.38. The maximum absolute atomic E-state index is 5.59. The molecule has 0 atom stereocenters. The highest BCUT2D eigenvalue weighted by Crippen LogP contribution is 2.19. The number of nitrogens with zero attached hydrogens (tertiary/aromatic N) is 2. The van der Waals surface area contributed by atoms with Gasteiger partial charge in [-0.3, -0.25) is 0 Å². The number of benzene rings is 1. The molecule has 4 heteroatoms. The van der Waals surface area contributed by atoms with Crippen molar-refractivity contribution in [3.8, 4) is 11.4 Å². The number of hydrogen-bond donors (Lipinski definition) is 0. The minimum atomic E-state index is 0.248. The van der Waals surface area contributed by atoms with Gasteiger partial charge in [0.25, 0.3) is 0 Å². The van der Waals surface area contributed by atoms with Crippen LogP contribution in [0, 0.1) is 13.8 Å². The third kappa shape index (κ3) is 2.18. The largest absolute Gasteiger partial charge is 0.338 e. The molecule has 0 saturated carbocycles. The van der Waals surface area contributed by atoms with Gasteiger partial charge >= 0.3 is 0 Å². The molecule has 2 rings (SSSR count). The van der Waals surface area contributed by atoms with Gasteiger partial charge in [0.05, 0.1) is 0 Å². The van der Waals surface area contributed by atoms with Crippen LogP contribution in [0.4, 0.5) is 0 Å². The molecule has 78 valence electrons. The van der Waals surface area contributed by atoms with E-state index < -0.39 is 0 Å². The van der Waals surface area contributed by atoms with E-state index in [2.05, 4.69) is 16.2 Å². The molecule has 0 radical (unpaired) electrons. The van der Waals surface area contributed by atoms with Gasteiger partial charge in [-0.25, -0.2) is 0 Å². The third-order valence-corrected chi connectivity index (χ3v) is 2.29. The SMILES string of the molecule is Cc1cc(C)cc(-c2noc(CCl)n2)c1. The van der Waals surface area contributed by atoms with Crippen molar-refractivity contribution in [2.24, 2.45) is 0 Å². The molecule has 0 aliphatic carbocycles. The van der Waals surface area contributed by atoms with E-state index in [1.165, 1.54) is 11.1 Å². The van der Waals surface area contributed by atoms with Crippen molar-refractivity contribution in [2.45, 2.75) is 19.7 Å². The summed E-state index contributed by atoms with van der Waals surface area (Å²) in [5.41, 5.74) is 3.33. The quantitative estimate of drug-likeness (QED) is 0.733. The Morgan fingerprint density at radius 1 is 1.20 bits per heavy atom. The highest BCUT2D eigenvalue weighted by Gasteiger charge is 2.08. The third-order valence-electron chi connectivity index (χ3n) is 2.06. The van der Waals surface area contributed by atoms with Crippen LogP contribution in [0.1, 0.15) is 17.0 Å². The fourth-order valence-electron chi connectivity index (χ4n) is 1.53. The van der Waals surface area contributed by atoms with Crippen molar-refractivity contribution in [1.29, 1.82) is 0 Å². The van der Waals surface area contributed by atoms with Crippen molar-refractivity contribution in [3.63, 3.8) is 0 Å². The van der Waals surface area contributed by atoms with Crippen LogP contribution in [0.2, 0.25) is 0 Å². The zero-order valence-electron chi connectivity index (χ0n) is 8.62. The molecule has 0 N–H and O–H groups in total. The molecule has 1 aromatic heterocycles. The Morgan fingerprint density at radius 2 is 1.87 bits per heavy atom. The first-order valence-corrected chi connectivity index (χ1v) is 5.19. The normalized spacial score (nSPS) is 10.6. The average Bonchev–Trinajstić information content (AvgIpc) is 2.64. The lowest BCUT2D eigenvalue weighted by Crippen LogP contribution is -1.85. The first kappa shape index (κ1) is 10.2. The number of aromatic nitrogens is 2. The monoisotopic (exact) mass is 222 g/mol. The van der Waals surface area contributed by atoms with Crippen LogP contribution >= 0.6 is 11.6 Å². The van der Waals surface area contributed by atoms with Crippen molar-refractivity contribution in [1.82, 2.24) is 10.1 Å². The standard InChI is InChI=1S/C11H11ClN2O/c1-7-3-8(2)5-9(4-7)11-13-10(6-12)15-14-11/h3-5H,6H2,1-2H3. The van der Waals surface area contributed by atoms with E-state index in [1.807, 2.05) is 26.0 Å². The summed E-state index contributed by atoms with van der Waals surface area (Å²) in [4.78, 5) is 4.17. The molecule has 0 fully saturated rings. The zero-order chi connectivity index (χ0) is 10.8. The summed E-state index contributed by atoms with van der Waals surface area (Å²) in [6.45, 7) is 4.08. The topological polar surface area (TPSA) is 38.9 Å². The Hall–Kier alpha value is -1.35. The second kappa shape index (κ2) is 4.03. The van der Waals surface area contributed by atoms with Crippen LogP contribution in [-0.2, 0) is 5.88 Å². The van der Waals surface area contributed by atoms with Crippen LogP contribution in [0.15, 0.2) is 22.7 Å². The van der Waals surface area contributed by atoms with E-state index in [0.29, 0.717) is 11.7 Å². The van der Waals surface area contributed by atoms with Gasteiger partial charge in [0.15, 0.2) is 0 Å². The molecule has 0 saturated heterocycles. The molecular weight excluding hydrogens is 212 g/mol. The lowest BCUT2D eigenvalue weighted by Gasteiger charge is -1.99. The van der Waals surface area contributed by atoms with Crippen molar-refractivity contribution in [3.05, 3.63) is 35.2 Å². The summed E-state index contributed by atoms with van der Waals surface area (Å²) >= 11 is 5.59. The van der Waals surface area contributed by atoms with Crippen molar-refractivity contribution >= 4 is 11.6 Å². The number of aryl methyl sites for hydroxylation is 2. The van der Waals surface area contributed by atoms with Crippen LogP contribution < -0.4 is 0 Å². The lowest BCUT2D eigenvalue weighted by atomic mass is 10.1. The van der Waals surface area contributed by atoms with Gasteiger partial charge < -0.3 is 4.52 Å². The number of halogens is 1. The smallest absolute Gasteiger partial charge is 0.241 e. The summed E-state index contributed by atoms with van der Waals surface area (Å²) in [5, 5.41) is 3.87. The van der Waals surface area contributed by atoms with Gasteiger partial charge in [0, 0.05) is 5.56 Å². The molecule has 15 heavy (non-hydrogen) atoms. The average molecular weight is 223 g/mol. The second-order valence-electron chi connectivity index (χ2n) is 3.52. The van der Waals surface area contributed by atoms with E-state index in [4.69, 9.17) is 16.1 Å². The van der Waals surface area contributed by atoms with E-state index >= 15 is 0 Å². The first-order valence-electron chi connectivity index (χ1n) is 4.66. The highest BCUT2D eigenvalue weighted by molar-refractivity contribution is 6.16. The van der Waals surface area contributed by atoms with Crippen molar-refractivity contribution < 1.29 is 4.52 Å². The van der Waals surface area contributed by atoms with Crippen LogP contribution in [-0.4, -0.2) is 10.1 Å². The number of alkyl halides is 1. The molecule has 0 spiro atoms. The van der Waals surface area contributed by atoms with Crippen molar-refractivity contribution in [2.75, 3.05) is 0 Å². The van der Waals surface area contributed by atoms with E-state index in [0.717, 1.165) is 5.56 Å². The fourth-order valence-corrected chi connectivity index (χ4v) is 1.64. The maximum Gasteiger partial charge on any atom is 0.241 e. The van der Waals surface area contributed by atoms with Gasteiger partial charge in [-0.15, -0.1) is 11.6 Å². The molecular formula is C11H11ClN2O. The number of rotatable bonds is 2. The molecule has 0 aliphatic rings. The van der Waals surface area contributed by atoms with Gasteiger partial charge in [-0.2, -0.15) is 4.98 Å². The van der Waals surface area contributed by atoms with E-state index in [9.17, 15) is 0 Å². The van der Waals surface area contributed by atoms with Gasteiger partial charge in [-0.05, 0) is 26.0 Å². The van der Waals surface area contributed by atoms with E-state index in [-0.39, 0.29) is 5.88 Å². The molecule has 0 bridgehead atoms. The summed E-state index contributed by atoms with van der Waals surface area (Å²) in [6.07, 6.45) is 0. The molecule has 2 aromatic rings. The summed E-state index contributed by atoms with van der Waals surface area (Å²) in [7, 11) is 0. The lowest BCUT2D eigenvalue weighted by molar-refractivity contribution is 0.391. The second-order valence-corrected chi connectivity index (χ2v) is 3.79. The Labute approximate surface area is 93.1 Å².